The van der Waals surface area contributed by atoms with Crippen molar-refractivity contribution < 1.29 is 23.0 Å². The Labute approximate surface area is 115 Å². The summed E-state index contributed by atoms with van der Waals surface area (Å²) in [4.78, 5) is 0. The number of benzene rings is 1. The number of rotatable bonds is 2. The number of aromatic hydroxyl groups is 1. The van der Waals surface area contributed by atoms with Gasteiger partial charge < -0.3 is 15.6 Å². The molecule has 0 saturated carbocycles. The van der Waals surface area contributed by atoms with E-state index in [9.17, 15) is 18.3 Å². The Bertz CT molecular complexity index is 453. The topological polar surface area (TPSA) is 55.5 Å². The minimum Gasteiger partial charge on any atom is -0.507 e. The summed E-state index contributed by atoms with van der Waals surface area (Å²) in [6.45, 7) is 0.981. The van der Waals surface area contributed by atoms with Crippen LogP contribution in [-0.4, -0.2) is 18.3 Å². The molecule has 1 aromatic carbocycles. The molecule has 2 rings (SSSR count). The highest BCUT2D eigenvalue weighted by atomic mass is 35.5. The third-order valence-corrected chi connectivity index (χ3v) is 3.29. The van der Waals surface area contributed by atoms with Crippen molar-refractivity contribution in [2.24, 2.45) is 11.7 Å². The minimum absolute atomic E-state index is 0. The smallest absolute Gasteiger partial charge is 0.195 e. The van der Waals surface area contributed by atoms with Crippen LogP contribution in [0.15, 0.2) is 6.07 Å². The monoisotopic (exact) mass is 297 g/mol. The first-order valence-electron chi connectivity index (χ1n) is 5.72. The van der Waals surface area contributed by atoms with Gasteiger partial charge in [-0.1, -0.05) is 0 Å². The van der Waals surface area contributed by atoms with E-state index in [0.29, 0.717) is 32.1 Å². The average Bonchev–Trinajstić information content (AvgIpc) is 2.37. The molecule has 1 saturated heterocycles. The van der Waals surface area contributed by atoms with Crippen molar-refractivity contribution in [1.82, 2.24) is 0 Å². The maximum Gasteiger partial charge on any atom is 0.195 e. The normalized spacial score (nSPS) is 17.9. The lowest BCUT2D eigenvalue weighted by molar-refractivity contribution is 0.0576. The van der Waals surface area contributed by atoms with Crippen LogP contribution in [0.5, 0.6) is 5.75 Å². The average molecular weight is 298 g/mol. The highest BCUT2D eigenvalue weighted by Gasteiger charge is 2.29. The second kappa shape index (κ2) is 6.45. The van der Waals surface area contributed by atoms with Gasteiger partial charge in [-0.3, -0.25) is 0 Å². The van der Waals surface area contributed by atoms with E-state index in [0.717, 1.165) is 0 Å². The number of hydrogen-bond donors (Lipinski definition) is 2. The van der Waals surface area contributed by atoms with Crippen LogP contribution in [0.2, 0.25) is 0 Å². The number of halogens is 4. The van der Waals surface area contributed by atoms with Crippen molar-refractivity contribution in [2.75, 3.05) is 13.2 Å². The van der Waals surface area contributed by atoms with Crippen LogP contribution in [0.25, 0.3) is 0 Å². The third kappa shape index (κ3) is 3.13. The lowest BCUT2D eigenvalue weighted by atomic mass is 9.87. The van der Waals surface area contributed by atoms with E-state index < -0.39 is 29.2 Å². The standard InChI is InChI=1S/C12H14F3NO2.ClH/c13-7-5-8(17)9(11(15)10(7)14)12(16)6-1-3-18-4-2-6;/h5-6,12,17H,1-4,16H2;1H/t12-;/m0./s1. The van der Waals surface area contributed by atoms with Gasteiger partial charge in [0.15, 0.2) is 17.5 Å². The van der Waals surface area contributed by atoms with Gasteiger partial charge in [-0.25, -0.2) is 13.2 Å². The summed E-state index contributed by atoms with van der Waals surface area (Å²) in [5.41, 5.74) is 5.49. The molecule has 3 nitrogen and oxygen atoms in total. The Morgan fingerprint density at radius 3 is 2.37 bits per heavy atom. The Kier molecular flexibility index (Phi) is 5.46. The lowest BCUT2D eigenvalue weighted by Crippen LogP contribution is -2.28. The SMILES string of the molecule is Cl.N[C@H](c1c(O)cc(F)c(F)c1F)C1CCOCC1. The molecule has 0 radical (unpaired) electrons. The summed E-state index contributed by atoms with van der Waals surface area (Å²) in [5.74, 6) is -5.21. The van der Waals surface area contributed by atoms with Crippen molar-refractivity contribution in [3.63, 3.8) is 0 Å². The summed E-state index contributed by atoms with van der Waals surface area (Å²) in [6.07, 6.45) is 1.19. The van der Waals surface area contributed by atoms with Crippen LogP contribution in [0.1, 0.15) is 24.4 Å². The zero-order valence-corrected chi connectivity index (χ0v) is 10.9. The van der Waals surface area contributed by atoms with Gasteiger partial charge in [-0.15, -0.1) is 12.4 Å². The molecule has 0 aliphatic carbocycles. The van der Waals surface area contributed by atoms with Gasteiger partial charge in [0.25, 0.3) is 0 Å². The van der Waals surface area contributed by atoms with E-state index in [1.165, 1.54) is 0 Å². The first kappa shape index (κ1) is 16.1. The second-order valence-corrected chi connectivity index (χ2v) is 4.39. The molecule has 3 N–H and O–H groups in total. The summed E-state index contributed by atoms with van der Waals surface area (Å²) in [5, 5.41) is 9.54. The molecule has 0 aromatic heterocycles. The molecule has 0 unspecified atom stereocenters. The van der Waals surface area contributed by atoms with E-state index in [-0.39, 0.29) is 23.9 Å². The molecular formula is C12H15ClF3NO2. The number of ether oxygens (including phenoxy) is 1. The summed E-state index contributed by atoms with van der Waals surface area (Å²) < 4.78 is 44.8. The number of hydrogen-bond acceptors (Lipinski definition) is 3. The maximum absolute atomic E-state index is 13.6. The molecule has 1 atom stereocenters. The Morgan fingerprint density at radius 1 is 1.21 bits per heavy atom. The Balaban J connectivity index is 0.00000180. The third-order valence-electron chi connectivity index (χ3n) is 3.29. The van der Waals surface area contributed by atoms with E-state index in [1.807, 2.05) is 0 Å². The molecule has 1 heterocycles. The van der Waals surface area contributed by atoms with Gasteiger partial charge in [0.1, 0.15) is 5.75 Å². The molecule has 7 heteroatoms. The molecular weight excluding hydrogens is 283 g/mol. The predicted octanol–water partition coefficient (Wildman–Crippen LogP) is 2.66. The van der Waals surface area contributed by atoms with Gasteiger partial charge >= 0.3 is 0 Å². The summed E-state index contributed by atoms with van der Waals surface area (Å²) in [6, 6.07) is -0.323. The van der Waals surface area contributed by atoms with Crippen molar-refractivity contribution >= 4 is 12.4 Å². The van der Waals surface area contributed by atoms with Crippen LogP contribution in [0.4, 0.5) is 13.2 Å². The molecule has 1 aromatic rings. The highest BCUT2D eigenvalue weighted by Crippen LogP contribution is 2.36. The Morgan fingerprint density at radius 2 is 1.79 bits per heavy atom. The van der Waals surface area contributed by atoms with Crippen molar-refractivity contribution in [3.05, 3.63) is 29.1 Å². The minimum atomic E-state index is -1.61. The zero-order valence-electron chi connectivity index (χ0n) is 10.0. The summed E-state index contributed by atoms with van der Waals surface area (Å²) >= 11 is 0. The van der Waals surface area contributed by atoms with Crippen LogP contribution in [0, 0.1) is 23.4 Å². The van der Waals surface area contributed by atoms with Crippen LogP contribution in [-0.2, 0) is 4.74 Å². The van der Waals surface area contributed by atoms with Gasteiger partial charge in [0.05, 0.1) is 0 Å². The van der Waals surface area contributed by atoms with E-state index in [4.69, 9.17) is 10.5 Å². The maximum atomic E-state index is 13.6. The molecule has 19 heavy (non-hydrogen) atoms. The van der Waals surface area contributed by atoms with Crippen LogP contribution >= 0.6 is 12.4 Å². The molecule has 0 spiro atoms. The van der Waals surface area contributed by atoms with E-state index in [2.05, 4.69) is 0 Å². The quantitative estimate of drug-likeness (QED) is 0.825. The molecule has 0 amide bonds. The molecule has 1 aliphatic rings. The molecule has 1 aliphatic heterocycles. The fourth-order valence-corrected chi connectivity index (χ4v) is 2.22. The van der Waals surface area contributed by atoms with Gasteiger partial charge in [-0.2, -0.15) is 0 Å². The van der Waals surface area contributed by atoms with Gasteiger partial charge in [0, 0.05) is 30.9 Å². The van der Waals surface area contributed by atoms with Crippen LogP contribution < -0.4 is 5.73 Å². The zero-order chi connectivity index (χ0) is 13.3. The number of nitrogens with two attached hydrogens (primary N) is 1. The van der Waals surface area contributed by atoms with Crippen LogP contribution in [0.3, 0.4) is 0 Å². The highest BCUT2D eigenvalue weighted by molar-refractivity contribution is 5.85. The molecule has 1 fully saturated rings. The summed E-state index contributed by atoms with van der Waals surface area (Å²) in [7, 11) is 0. The van der Waals surface area contributed by atoms with E-state index >= 15 is 0 Å². The van der Waals surface area contributed by atoms with E-state index in [1.54, 1.807) is 0 Å². The fourth-order valence-electron chi connectivity index (χ4n) is 2.22. The fraction of sp³-hybridized carbons (Fsp3) is 0.500. The number of phenolic OH excluding ortho intramolecular Hbond substituents is 1. The first-order chi connectivity index (χ1) is 8.52. The van der Waals surface area contributed by atoms with Crippen molar-refractivity contribution in [1.29, 1.82) is 0 Å². The Hall–Kier alpha value is -0.980. The van der Waals surface area contributed by atoms with Crippen molar-refractivity contribution in [2.45, 2.75) is 18.9 Å². The van der Waals surface area contributed by atoms with Gasteiger partial charge in [0.2, 0.25) is 0 Å². The number of phenols is 1. The molecule has 108 valence electrons. The first-order valence-corrected chi connectivity index (χ1v) is 5.72. The predicted molar refractivity (Wildman–Crippen MR) is 65.7 cm³/mol. The second-order valence-electron chi connectivity index (χ2n) is 4.39. The largest absolute Gasteiger partial charge is 0.507 e. The van der Waals surface area contributed by atoms with Gasteiger partial charge in [-0.05, 0) is 18.8 Å². The molecule has 0 bridgehead atoms. The lowest BCUT2D eigenvalue weighted by Gasteiger charge is -2.28. The van der Waals surface area contributed by atoms with Crippen molar-refractivity contribution in [3.8, 4) is 5.75 Å².